The van der Waals surface area contributed by atoms with Gasteiger partial charge >= 0.3 is 0 Å². The van der Waals surface area contributed by atoms with E-state index in [0.717, 1.165) is 0 Å². The molecule has 2 aromatic carbocycles. The fraction of sp³-hybridized carbons (Fsp3) is 0.222. The highest BCUT2D eigenvalue weighted by atomic mass is 16.6. The lowest BCUT2D eigenvalue weighted by Crippen LogP contribution is -2.49. The van der Waals surface area contributed by atoms with E-state index in [4.69, 9.17) is 5.26 Å². The lowest BCUT2D eigenvalue weighted by Gasteiger charge is -2.35. The predicted octanol–water partition coefficient (Wildman–Crippen LogP) is 2.13. The number of aromatic hydroxyl groups is 1. The number of nitrogens with zero attached hydrogens (tertiary/aromatic N) is 4. The molecule has 1 N–H and O–H groups in total. The van der Waals surface area contributed by atoms with E-state index < -0.39 is 4.92 Å². The largest absolute Gasteiger partial charge is 0.507 e. The summed E-state index contributed by atoms with van der Waals surface area (Å²) in [4.78, 5) is 26.8. The zero-order chi connectivity index (χ0) is 18.7. The number of phenolic OH excluding ortho intramolecular Hbond substituents is 1. The van der Waals surface area contributed by atoms with Gasteiger partial charge in [0, 0.05) is 32.2 Å². The molecular formula is C18H16N4O4. The van der Waals surface area contributed by atoms with Gasteiger partial charge in [0.15, 0.2) is 0 Å². The Balaban J connectivity index is 1.75. The topological polar surface area (TPSA) is 111 Å². The van der Waals surface area contributed by atoms with Gasteiger partial charge in [-0.15, -0.1) is 0 Å². The Bertz CT molecular complexity index is 898. The van der Waals surface area contributed by atoms with E-state index in [1.54, 1.807) is 35.2 Å². The first-order chi connectivity index (χ1) is 12.5. The van der Waals surface area contributed by atoms with Crippen molar-refractivity contribution in [1.29, 1.82) is 5.26 Å². The summed E-state index contributed by atoms with van der Waals surface area (Å²) in [6, 6.07) is 12.6. The Kier molecular flexibility index (Phi) is 4.71. The number of anilines is 1. The summed E-state index contributed by atoms with van der Waals surface area (Å²) in [5.74, 6) is -0.334. The molecule has 0 saturated carbocycles. The van der Waals surface area contributed by atoms with Crippen molar-refractivity contribution >= 4 is 17.3 Å². The van der Waals surface area contributed by atoms with E-state index >= 15 is 0 Å². The summed E-state index contributed by atoms with van der Waals surface area (Å²) in [7, 11) is 0. The lowest BCUT2D eigenvalue weighted by atomic mass is 10.1. The molecule has 0 aliphatic carbocycles. The molecule has 1 aliphatic heterocycles. The molecule has 132 valence electrons. The Labute approximate surface area is 149 Å². The zero-order valence-corrected chi connectivity index (χ0v) is 13.8. The molecule has 8 heteroatoms. The summed E-state index contributed by atoms with van der Waals surface area (Å²) in [6.45, 7) is 1.60. The number of hydrogen-bond donors (Lipinski definition) is 1. The molecule has 0 atom stereocenters. The van der Waals surface area contributed by atoms with Gasteiger partial charge in [-0.05, 0) is 24.3 Å². The van der Waals surface area contributed by atoms with Crippen LogP contribution in [-0.4, -0.2) is 47.0 Å². The van der Waals surface area contributed by atoms with Crippen LogP contribution in [0.15, 0.2) is 42.5 Å². The van der Waals surface area contributed by atoms with Crippen molar-refractivity contribution in [2.24, 2.45) is 0 Å². The van der Waals surface area contributed by atoms with Gasteiger partial charge in [0.1, 0.15) is 11.4 Å². The van der Waals surface area contributed by atoms with Crippen LogP contribution in [0.1, 0.15) is 15.9 Å². The van der Waals surface area contributed by atoms with Gasteiger partial charge in [0.05, 0.1) is 22.1 Å². The van der Waals surface area contributed by atoms with Crippen LogP contribution < -0.4 is 4.90 Å². The second-order valence-electron chi connectivity index (χ2n) is 5.87. The number of nitro groups is 1. The van der Waals surface area contributed by atoms with Gasteiger partial charge in [-0.3, -0.25) is 14.9 Å². The summed E-state index contributed by atoms with van der Waals surface area (Å²) in [5.41, 5.74) is 0.785. The van der Waals surface area contributed by atoms with Crippen LogP contribution in [-0.2, 0) is 0 Å². The Morgan fingerprint density at radius 1 is 1.15 bits per heavy atom. The summed E-state index contributed by atoms with van der Waals surface area (Å²) < 4.78 is 0. The third-order valence-corrected chi connectivity index (χ3v) is 4.34. The van der Waals surface area contributed by atoms with Gasteiger partial charge in [-0.2, -0.15) is 5.26 Å². The highest BCUT2D eigenvalue weighted by Crippen LogP contribution is 2.30. The minimum atomic E-state index is -0.504. The second kappa shape index (κ2) is 7.11. The first kappa shape index (κ1) is 17.2. The summed E-state index contributed by atoms with van der Waals surface area (Å²) >= 11 is 0. The van der Waals surface area contributed by atoms with Crippen LogP contribution in [0.3, 0.4) is 0 Å². The molecule has 26 heavy (non-hydrogen) atoms. The van der Waals surface area contributed by atoms with Crippen molar-refractivity contribution in [1.82, 2.24) is 4.90 Å². The maximum Gasteiger partial charge on any atom is 0.293 e. The Morgan fingerprint density at radius 3 is 2.46 bits per heavy atom. The van der Waals surface area contributed by atoms with E-state index in [1.165, 1.54) is 12.1 Å². The molecule has 1 amide bonds. The zero-order valence-electron chi connectivity index (χ0n) is 13.8. The van der Waals surface area contributed by atoms with Crippen LogP contribution in [0.25, 0.3) is 0 Å². The number of benzene rings is 2. The molecule has 1 heterocycles. The lowest BCUT2D eigenvalue weighted by molar-refractivity contribution is -0.384. The van der Waals surface area contributed by atoms with E-state index in [0.29, 0.717) is 31.9 Å². The molecule has 0 radical (unpaired) electrons. The van der Waals surface area contributed by atoms with E-state index in [-0.39, 0.29) is 28.5 Å². The van der Waals surface area contributed by atoms with Crippen LogP contribution in [0.4, 0.5) is 11.4 Å². The number of carbonyl (C=O) groups excluding carboxylic acids is 1. The van der Waals surface area contributed by atoms with Crippen molar-refractivity contribution in [3.63, 3.8) is 0 Å². The predicted molar refractivity (Wildman–Crippen MR) is 94.0 cm³/mol. The number of piperazine rings is 1. The number of rotatable bonds is 3. The summed E-state index contributed by atoms with van der Waals surface area (Å²) in [6.07, 6.45) is 0. The van der Waals surface area contributed by atoms with Crippen LogP contribution in [0.2, 0.25) is 0 Å². The molecule has 1 saturated heterocycles. The highest BCUT2D eigenvalue weighted by molar-refractivity contribution is 5.97. The quantitative estimate of drug-likeness (QED) is 0.669. The first-order valence-corrected chi connectivity index (χ1v) is 8.02. The third kappa shape index (κ3) is 3.28. The minimum Gasteiger partial charge on any atom is -0.507 e. The van der Waals surface area contributed by atoms with E-state index in [2.05, 4.69) is 0 Å². The SMILES string of the molecule is N#Cc1ccc(N2CCN(C(=O)c3ccccc3O)CC2)c([N+](=O)[O-])c1. The molecule has 0 unspecified atom stereocenters. The molecule has 3 rings (SSSR count). The van der Waals surface area contributed by atoms with Crippen molar-refractivity contribution in [2.45, 2.75) is 0 Å². The molecule has 2 aromatic rings. The highest BCUT2D eigenvalue weighted by Gasteiger charge is 2.27. The van der Waals surface area contributed by atoms with Crippen molar-refractivity contribution in [3.8, 4) is 11.8 Å². The van der Waals surface area contributed by atoms with Crippen LogP contribution in [0, 0.1) is 21.4 Å². The van der Waals surface area contributed by atoms with E-state index in [9.17, 15) is 20.0 Å². The molecule has 1 fully saturated rings. The molecule has 1 aliphatic rings. The van der Waals surface area contributed by atoms with E-state index in [1.807, 2.05) is 11.0 Å². The second-order valence-corrected chi connectivity index (χ2v) is 5.87. The average molecular weight is 352 g/mol. The maximum atomic E-state index is 12.5. The molecule has 0 aromatic heterocycles. The molecule has 0 bridgehead atoms. The number of amides is 1. The number of carbonyl (C=O) groups is 1. The standard InChI is InChI=1S/C18H16N4O4/c19-12-13-5-6-15(16(11-13)22(25)26)20-7-9-21(10-8-20)18(24)14-3-1-2-4-17(14)23/h1-6,11,23H,7-10H2. The van der Waals surface area contributed by atoms with Gasteiger partial charge in [-0.1, -0.05) is 12.1 Å². The number of phenols is 1. The molecule has 8 nitrogen and oxygen atoms in total. The fourth-order valence-corrected chi connectivity index (χ4v) is 2.98. The maximum absolute atomic E-state index is 12.5. The minimum absolute atomic E-state index is 0.0670. The van der Waals surface area contributed by atoms with Gasteiger partial charge in [-0.25, -0.2) is 0 Å². The summed E-state index contributed by atoms with van der Waals surface area (Å²) in [5, 5.41) is 30.1. The number of nitro benzene ring substituents is 1. The smallest absolute Gasteiger partial charge is 0.293 e. The monoisotopic (exact) mass is 352 g/mol. The molecular weight excluding hydrogens is 336 g/mol. The number of hydrogen-bond acceptors (Lipinski definition) is 6. The normalized spacial score (nSPS) is 14.0. The fourth-order valence-electron chi connectivity index (χ4n) is 2.98. The van der Waals surface area contributed by atoms with Crippen molar-refractivity contribution in [2.75, 3.05) is 31.1 Å². The third-order valence-electron chi connectivity index (χ3n) is 4.34. The van der Waals surface area contributed by atoms with Crippen molar-refractivity contribution < 1.29 is 14.8 Å². The number of nitriles is 1. The van der Waals surface area contributed by atoms with Crippen molar-refractivity contribution in [3.05, 3.63) is 63.7 Å². The van der Waals surface area contributed by atoms with Crippen LogP contribution in [0.5, 0.6) is 5.75 Å². The van der Waals surface area contributed by atoms with Crippen LogP contribution >= 0.6 is 0 Å². The molecule has 0 spiro atoms. The van der Waals surface area contributed by atoms with Gasteiger partial charge in [0.2, 0.25) is 0 Å². The van der Waals surface area contributed by atoms with Gasteiger partial charge < -0.3 is 14.9 Å². The Hall–Kier alpha value is -3.60. The number of para-hydroxylation sites is 1. The van der Waals surface area contributed by atoms with Gasteiger partial charge in [0.25, 0.3) is 11.6 Å². The average Bonchev–Trinajstić information content (AvgIpc) is 2.67. The first-order valence-electron chi connectivity index (χ1n) is 8.02. The Morgan fingerprint density at radius 2 is 1.85 bits per heavy atom.